The van der Waals surface area contributed by atoms with Crippen LogP contribution in [0.15, 0.2) is 29.6 Å². The third-order valence-electron chi connectivity index (χ3n) is 3.04. The van der Waals surface area contributed by atoms with Gasteiger partial charge in [-0.25, -0.2) is 4.98 Å². The summed E-state index contributed by atoms with van der Waals surface area (Å²) in [6.07, 6.45) is 1.15. The predicted octanol–water partition coefficient (Wildman–Crippen LogP) is 3.72. The van der Waals surface area contributed by atoms with Gasteiger partial charge in [-0.3, -0.25) is 0 Å². The van der Waals surface area contributed by atoms with Gasteiger partial charge in [-0.15, -0.1) is 11.3 Å². The lowest BCUT2D eigenvalue weighted by Gasteiger charge is -2.18. The summed E-state index contributed by atoms with van der Waals surface area (Å²) < 4.78 is 0. The molecule has 0 aliphatic heterocycles. The van der Waals surface area contributed by atoms with Crippen molar-refractivity contribution in [3.05, 3.63) is 40.9 Å². The minimum absolute atomic E-state index is 0.853. The number of thiazole rings is 1. The van der Waals surface area contributed by atoms with Gasteiger partial charge in [0, 0.05) is 24.7 Å². The zero-order chi connectivity index (χ0) is 13.7. The molecule has 1 N–H and O–H groups in total. The van der Waals surface area contributed by atoms with Gasteiger partial charge in [-0.1, -0.05) is 25.1 Å². The number of hydrogen-bond donors (Lipinski definition) is 1. The molecule has 1 heterocycles. The Hall–Kier alpha value is -1.39. The molecule has 3 nitrogen and oxygen atoms in total. The summed E-state index contributed by atoms with van der Waals surface area (Å²) in [6.45, 7) is 6.20. The van der Waals surface area contributed by atoms with Crippen molar-refractivity contribution in [3.8, 4) is 0 Å². The molecule has 0 spiro atoms. The Morgan fingerprint density at radius 3 is 2.84 bits per heavy atom. The smallest absolute Gasteiger partial charge is 0.189 e. The second-order valence-electron chi connectivity index (χ2n) is 4.64. The van der Waals surface area contributed by atoms with E-state index < -0.39 is 0 Å². The Bertz CT molecular complexity index is 522. The summed E-state index contributed by atoms with van der Waals surface area (Å²) in [5.41, 5.74) is 3.60. The Morgan fingerprint density at radius 1 is 1.32 bits per heavy atom. The third kappa shape index (κ3) is 3.55. The molecule has 0 saturated carbocycles. The molecule has 1 aromatic heterocycles. The minimum atomic E-state index is 0.853. The van der Waals surface area contributed by atoms with Gasteiger partial charge < -0.3 is 10.2 Å². The SMILES string of the molecule is CCCNCc1csc(N(C)c2ccccc2C)n1. The molecule has 2 rings (SSSR count). The quantitative estimate of drug-likeness (QED) is 0.814. The Balaban J connectivity index is 2.08. The highest BCUT2D eigenvalue weighted by Gasteiger charge is 2.10. The number of aryl methyl sites for hydroxylation is 1. The van der Waals surface area contributed by atoms with E-state index in [1.54, 1.807) is 11.3 Å². The van der Waals surface area contributed by atoms with E-state index in [1.807, 2.05) is 0 Å². The fourth-order valence-electron chi connectivity index (χ4n) is 1.97. The molecule has 1 aromatic carbocycles. The molecule has 0 amide bonds. The molecule has 0 fully saturated rings. The standard InChI is InChI=1S/C15H21N3S/c1-4-9-16-10-13-11-19-15(17-13)18(3)14-8-6-5-7-12(14)2/h5-8,11,16H,4,9-10H2,1-3H3. The fraction of sp³-hybridized carbons (Fsp3) is 0.400. The predicted molar refractivity (Wildman–Crippen MR) is 83.4 cm³/mol. The average molecular weight is 275 g/mol. The first kappa shape index (κ1) is 14.0. The lowest BCUT2D eigenvalue weighted by Crippen LogP contribution is -2.15. The first-order valence-electron chi connectivity index (χ1n) is 6.67. The zero-order valence-corrected chi connectivity index (χ0v) is 12.6. The number of aromatic nitrogens is 1. The van der Waals surface area contributed by atoms with Crippen LogP contribution in [0.5, 0.6) is 0 Å². The number of hydrogen-bond acceptors (Lipinski definition) is 4. The van der Waals surface area contributed by atoms with Crippen LogP contribution in [0.25, 0.3) is 0 Å². The maximum atomic E-state index is 4.68. The van der Waals surface area contributed by atoms with Gasteiger partial charge in [0.05, 0.1) is 5.69 Å². The summed E-state index contributed by atoms with van der Waals surface area (Å²) in [6, 6.07) is 8.39. The lowest BCUT2D eigenvalue weighted by molar-refractivity contribution is 0.667. The number of para-hydroxylation sites is 1. The molecule has 102 valence electrons. The Labute approximate surface area is 119 Å². The number of nitrogens with one attached hydrogen (secondary N) is 1. The third-order valence-corrected chi connectivity index (χ3v) is 4.00. The molecule has 0 aliphatic rings. The second-order valence-corrected chi connectivity index (χ2v) is 5.48. The van der Waals surface area contributed by atoms with Crippen molar-refractivity contribution in [2.45, 2.75) is 26.8 Å². The molecule has 0 unspecified atom stereocenters. The number of nitrogens with zero attached hydrogens (tertiary/aromatic N) is 2. The van der Waals surface area contributed by atoms with Crippen LogP contribution >= 0.6 is 11.3 Å². The van der Waals surface area contributed by atoms with Crippen molar-refractivity contribution in [1.29, 1.82) is 0 Å². The van der Waals surface area contributed by atoms with Crippen molar-refractivity contribution < 1.29 is 0 Å². The largest absolute Gasteiger partial charge is 0.321 e. The van der Waals surface area contributed by atoms with Crippen LogP contribution in [0.2, 0.25) is 0 Å². The molecule has 0 radical (unpaired) electrons. The van der Waals surface area contributed by atoms with Gasteiger partial charge in [-0.2, -0.15) is 0 Å². The average Bonchev–Trinajstić information content (AvgIpc) is 2.88. The van der Waals surface area contributed by atoms with Gasteiger partial charge >= 0.3 is 0 Å². The van der Waals surface area contributed by atoms with Crippen molar-refractivity contribution in [3.63, 3.8) is 0 Å². The Kier molecular flexibility index (Phi) is 4.93. The highest BCUT2D eigenvalue weighted by Crippen LogP contribution is 2.28. The highest BCUT2D eigenvalue weighted by molar-refractivity contribution is 7.13. The summed E-state index contributed by atoms with van der Waals surface area (Å²) in [7, 11) is 2.07. The molecular formula is C15H21N3S. The van der Waals surface area contributed by atoms with Crippen molar-refractivity contribution in [1.82, 2.24) is 10.3 Å². The normalized spacial score (nSPS) is 10.7. The van der Waals surface area contributed by atoms with Crippen molar-refractivity contribution in [2.75, 3.05) is 18.5 Å². The van der Waals surface area contributed by atoms with E-state index in [0.29, 0.717) is 0 Å². The van der Waals surface area contributed by atoms with Crippen molar-refractivity contribution >= 4 is 22.2 Å². The maximum absolute atomic E-state index is 4.68. The van der Waals surface area contributed by atoms with Gasteiger partial charge in [0.15, 0.2) is 5.13 Å². The minimum Gasteiger partial charge on any atom is -0.321 e. The number of rotatable bonds is 6. The van der Waals surface area contributed by atoms with Gasteiger partial charge in [0.25, 0.3) is 0 Å². The van der Waals surface area contributed by atoms with Gasteiger partial charge in [0.2, 0.25) is 0 Å². The molecule has 4 heteroatoms. The maximum Gasteiger partial charge on any atom is 0.189 e. The molecule has 19 heavy (non-hydrogen) atoms. The van der Waals surface area contributed by atoms with E-state index >= 15 is 0 Å². The summed E-state index contributed by atoms with van der Waals surface area (Å²) in [5, 5.41) is 6.56. The fourth-order valence-corrected chi connectivity index (χ4v) is 2.77. The van der Waals surface area contributed by atoms with Gasteiger partial charge in [0.1, 0.15) is 0 Å². The zero-order valence-electron chi connectivity index (χ0n) is 11.8. The van der Waals surface area contributed by atoms with E-state index in [9.17, 15) is 0 Å². The van der Waals surface area contributed by atoms with Crippen LogP contribution in [0.1, 0.15) is 24.6 Å². The summed E-state index contributed by atoms with van der Waals surface area (Å²) in [5.74, 6) is 0. The van der Waals surface area contributed by atoms with Crippen LogP contribution in [0, 0.1) is 6.92 Å². The first-order chi connectivity index (χ1) is 9.22. The molecule has 0 saturated heterocycles. The van der Waals surface area contributed by atoms with Crippen LogP contribution in [0.3, 0.4) is 0 Å². The van der Waals surface area contributed by atoms with Crippen molar-refractivity contribution in [2.24, 2.45) is 0 Å². The molecule has 0 atom stereocenters. The molecule has 0 aliphatic carbocycles. The summed E-state index contributed by atoms with van der Waals surface area (Å²) >= 11 is 1.69. The number of benzene rings is 1. The van der Waals surface area contributed by atoms with Crippen LogP contribution in [-0.2, 0) is 6.54 Å². The summed E-state index contributed by atoms with van der Waals surface area (Å²) in [4.78, 5) is 6.84. The monoisotopic (exact) mass is 275 g/mol. The van der Waals surface area contributed by atoms with Crippen LogP contribution in [-0.4, -0.2) is 18.6 Å². The molecule has 2 aromatic rings. The Morgan fingerprint density at radius 2 is 2.11 bits per heavy atom. The van der Waals surface area contributed by atoms with Gasteiger partial charge in [-0.05, 0) is 31.5 Å². The lowest BCUT2D eigenvalue weighted by atomic mass is 10.2. The van der Waals surface area contributed by atoms with E-state index in [0.717, 1.165) is 30.3 Å². The van der Waals surface area contributed by atoms with E-state index in [-0.39, 0.29) is 0 Å². The second kappa shape index (κ2) is 6.68. The highest BCUT2D eigenvalue weighted by atomic mass is 32.1. The topological polar surface area (TPSA) is 28.2 Å². The first-order valence-corrected chi connectivity index (χ1v) is 7.54. The number of anilines is 2. The van der Waals surface area contributed by atoms with E-state index in [1.165, 1.54) is 11.3 Å². The van der Waals surface area contributed by atoms with E-state index in [4.69, 9.17) is 0 Å². The van der Waals surface area contributed by atoms with Crippen LogP contribution in [0.4, 0.5) is 10.8 Å². The van der Waals surface area contributed by atoms with E-state index in [2.05, 4.69) is 65.7 Å². The molecular weight excluding hydrogens is 254 g/mol. The molecule has 0 bridgehead atoms. The van der Waals surface area contributed by atoms with Crippen LogP contribution < -0.4 is 10.2 Å².